The molecule has 108 valence electrons. The first kappa shape index (κ1) is 14.6. The third kappa shape index (κ3) is 4.08. The van der Waals surface area contributed by atoms with Gasteiger partial charge in [-0.1, -0.05) is 18.2 Å². The second kappa shape index (κ2) is 6.55. The average Bonchev–Trinajstić information content (AvgIpc) is 2.83. The summed E-state index contributed by atoms with van der Waals surface area (Å²) in [5.41, 5.74) is 3.81. The van der Waals surface area contributed by atoms with Gasteiger partial charge >= 0.3 is 5.97 Å². The normalized spacial score (nSPS) is 14.7. The molecular formula is C16H21NO3. The van der Waals surface area contributed by atoms with Gasteiger partial charge in [-0.3, -0.25) is 9.59 Å². The van der Waals surface area contributed by atoms with Gasteiger partial charge in [0.2, 0.25) is 5.91 Å². The van der Waals surface area contributed by atoms with E-state index in [1.165, 1.54) is 17.5 Å². The number of hydrogen-bond acceptors (Lipinski definition) is 2. The second-order valence-electron chi connectivity index (χ2n) is 5.53. The molecule has 1 aromatic rings. The topological polar surface area (TPSA) is 66.4 Å². The maximum Gasteiger partial charge on any atom is 0.303 e. The quantitative estimate of drug-likeness (QED) is 0.835. The van der Waals surface area contributed by atoms with Gasteiger partial charge in [0.25, 0.3) is 0 Å². The lowest BCUT2D eigenvalue weighted by atomic mass is 10.0. The molecule has 1 aromatic carbocycles. The Morgan fingerprint density at radius 3 is 2.80 bits per heavy atom. The number of aryl methyl sites for hydroxylation is 2. The van der Waals surface area contributed by atoms with Crippen molar-refractivity contribution in [1.29, 1.82) is 0 Å². The summed E-state index contributed by atoms with van der Waals surface area (Å²) in [5, 5.41) is 11.5. The number of carbonyl (C=O) groups excluding carboxylic acids is 1. The standard InChI is InChI=1S/C16H21NO3/c1-11(5-8-16(19)20)17-15(18)10-12-6-7-13-3-2-4-14(13)9-12/h6-7,9,11H,2-5,8,10H2,1H3,(H,17,18)(H,19,20). The van der Waals surface area contributed by atoms with Crippen LogP contribution in [0.3, 0.4) is 0 Å². The van der Waals surface area contributed by atoms with Crippen molar-refractivity contribution >= 4 is 11.9 Å². The van der Waals surface area contributed by atoms with E-state index in [1.807, 2.05) is 13.0 Å². The number of carboxylic acid groups (broad SMARTS) is 1. The number of benzene rings is 1. The molecule has 0 saturated heterocycles. The van der Waals surface area contributed by atoms with Gasteiger partial charge in [0, 0.05) is 12.5 Å². The molecule has 1 aliphatic rings. The van der Waals surface area contributed by atoms with Gasteiger partial charge in [-0.2, -0.15) is 0 Å². The molecule has 0 aliphatic heterocycles. The minimum Gasteiger partial charge on any atom is -0.481 e. The lowest BCUT2D eigenvalue weighted by molar-refractivity contribution is -0.137. The van der Waals surface area contributed by atoms with Crippen LogP contribution >= 0.6 is 0 Å². The van der Waals surface area contributed by atoms with Crippen LogP contribution in [0.2, 0.25) is 0 Å². The highest BCUT2D eigenvalue weighted by molar-refractivity contribution is 5.79. The van der Waals surface area contributed by atoms with Crippen molar-refractivity contribution in [3.8, 4) is 0 Å². The fraction of sp³-hybridized carbons (Fsp3) is 0.500. The van der Waals surface area contributed by atoms with E-state index in [0.29, 0.717) is 12.8 Å². The summed E-state index contributed by atoms with van der Waals surface area (Å²) in [5.74, 6) is -0.870. The first-order valence-electron chi connectivity index (χ1n) is 7.16. The molecule has 0 heterocycles. The molecule has 0 bridgehead atoms. The summed E-state index contributed by atoms with van der Waals surface area (Å²) in [4.78, 5) is 22.4. The van der Waals surface area contributed by atoms with E-state index in [0.717, 1.165) is 18.4 Å². The number of carbonyl (C=O) groups is 2. The predicted molar refractivity (Wildman–Crippen MR) is 76.6 cm³/mol. The minimum atomic E-state index is -0.829. The van der Waals surface area contributed by atoms with Crippen LogP contribution in [-0.2, 0) is 28.9 Å². The van der Waals surface area contributed by atoms with Crippen molar-refractivity contribution in [3.05, 3.63) is 34.9 Å². The van der Waals surface area contributed by atoms with Crippen LogP contribution in [0.4, 0.5) is 0 Å². The maximum atomic E-state index is 11.9. The summed E-state index contributed by atoms with van der Waals surface area (Å²) < 4.78 is 0. The van der Waals surface area contributed by atoms with Crippen LogP contribution in [0.5, 0.6) is 0 Å². The molecule has 1 unspecified atom stereocenters. The molecule has 1 amide bonds. The number of rotatable bonds is 6. The molecule has 2 N–H and O–H groups in total. The highest BCUT2D eigenvalue weighted by Crippen LogP contribution is 2.22. The fourth-order valence-corrected chi connectivity index (χ4v) is 2.66. The van der Waals surface area contributed by atoms with Crippen LogP contribution in [0.1, 0.15) is 42.9 Å². The summed E-state index contributed by atoms with van der Waals surface area (Å²) in [7, 11) is 0. The van der Waals surface area contributed by atoms with E-state index < -0.39 is 5.97 Å². The minimum absolute atomic E-state index is 0.0409. The smallest absolute Gasteiger partial charge is 0.303 e. The molecule has 0 spiro atoms. The van der Waals surface area contributed by atoms with Gasteiger partial charge in [-0.15, -0.1) is 0 Å². The summed E-state index contributed by atoms with van der Waals surface area (Å²) in [6.07, 6.45) is 4.38. The summed E-state index contributed by atoms with van der Waals surface area (Å²) in [6.45, 7) is 1.84. The molecule has 0 saturated carbocycles. The summed E-state index contributed by atoms with van der Waals surface area (Å²) in [6, 6.07) is 6.17. The SMILES string of the molecule is CC(CCC(=O)O)NC(=O)Cc1ccc2c(c1)CCC2. The van der Waals surface area contributed by atoms with Crippen LogP contribution < -0.4 is 5.32 Å². The van der Waals surface area contributed by atoms with Gasteiger partial charge in [0.05, 0.1) is 6.42 Å². The van der Waals surface area contributed by atoms with E-state index in [9.17, 15) is 9.59 Å². The zero-order valence-electron chi connectivity index (χ0n) is 11.8. The van der Waals surface area contributed by atoms with Gasteiger partial charge in [-0.25, -0.2) is 0 Å². The molecule has 4 heteroatoms. The predicted octanol–water partition coefficient (Wildman–Crippen LogP) is 2.09. The van der Waals surface area contributed by atoms with Crippen LogP contribution in [0, 0.1) is 0 Å². The van der Waals surface area contributed by atoms with E-state index in [4.69, 9.17) is 5.11 Å². The zero-order valence-corrected chi connectivity index (χ0v) is 11.8. The van der Waals surface area contributed by atoms with Crippen molar-refractivity contribution in [2.75, 3.05) is 0 Å². The molecule has 2 rings (SSSR count). The Morgan fingerprint density at radius 1 is 1.30 bits per heavy atom. The average molecular weight is 275 g/mol. The second-order valence-corrected chi connectivity index (χ2v) is 5.53. The molecule has 0 radical (unpaired) electrons. The number of amides is 1. The monoisotopic (exact) mass is 275 g/mol. The van der Waals surface area contributed by atoms with Gasteiger partial charge in [-0.05, 0) is 49.3 Å². The maximum absolute atomic E-state index is 11.9. The Kier molecular flexibility index (Phi) is 4.77. The molecular weight excluding hydrogens is 254 g/mol. The van der Waals surface area contributed by atoms with Crippen molar-refractivity contribution < 1.29 is 14.7 Å². The van der Waals surface area contributed by atoms with Crippen LogP contribution in [0.15, 0.2) is 18.2 Å². The third-order valence-corrected chi connectivity index (χ3v) is 3.73. The lowest BCUT2D eigenvalue weighted by Gasteiger charge is -2.13. The van der Waals surface area contributed by atoms with Gasteiger partial charge in [0.1, 0.15) is 0 Å². The van der Waals surface area contributed by atoms with E-state index in [1.54, 1.807) is 0 Å². The number of aliphatic carboxylic acids is 1. The first-order chi connectivity index (χ1) is 9.54. The number of nitrogens with one attached hydrogen (secondary N) is 1. The molecule has 20 heavy (non-hydrogen) atoms. The Hall–Kier alpha value is -1.84. The molecule has 0 fully saturated rings. The van der Waals surface area contributed by atoms with Crippen molar-refractivity contribution in [3.63, 3.8) is 0 Å². The van der Waals surface area contributed by atoms with Crippen LogP contribution in [0.25, 0.3) is 0 Å². The molecule has 1 atom stereocenters. The van der Waals surface area contributed by atoms with Gasteiger partial charge in [0.15, 0.2) is 0 Å². The Balaban J connectivity index is 1.83. The highest BCUT2D eigenvalue weighted by atomic mass is 16.4. The summed E-state index contributed by atoms with van der Waals surface area (Å²) >= 11 is 0. The van der Waals surface area contributed by atoms with Crippen LogP contribution in [-0.4, -0.2) is 23.0 Å². The molecule has 4 nitrogen and oxygen atoms in total. The third-order valence-electron chi connectivity index (χ3n) is 3.73. The Morgan fingerprint density at radius 2 is 2.05 bits per heavy atom. The van der Waals surface area contributed by atoms with E-state index in [-0.39, 0.29) is 18.4 Å². The zero-order chi connectivity index (χ0) is 14.5. The lowest BCUT2D eigenvalue weighted by Crippen LogP contribution is -2.34. The first-order valence-corrected chi connectivity index (χ1v) is 7.16. The Labute approximate surface area is 119 Å². The van der Waals surface area contributed by atoms with Crippen molar-refractivity contribution in [2.24, 2.45) is 0 Å². The Bertz CT molecular complexity index is 510. The molecule has 0 aromatic heterocycles. The van der Waals surface area contributed by atoms with E-state index in [2.05, 4.69) is 17.4 Å². The number of carboxylic acids is 1. The van der Waals surface area contributed by atoms with Gasteiger partial charge < -0.3 is 10.4 Å². The largest absolute Gasteiger partial charge is 0.481 e. The molecule has 1 aliphatic carbocycles. The highest BCUT2D eigenvalue weighted by Gasteiger charge is 2.13. The van der Waals surface area contributed by atoms with E-state index >= 15 is 0 Å². The fourth-order valence-electron chi connectivity index (χ4n) is 2.66. The van der Waals surface area contributed by atoms with Crippen molar-refractivity contribution in [1.82, 2.24) is 5.32 Å². The number of fused-ring (bicyclic) bond motifs is 1. The van der Waals surface area contributed by atoms with Crippen molar-refractivity contribution in [2.45, 2.75) is 51.5 Å². The number of hydrogen-bond donors (Lipinski definition) is 2.